The second-order valence-corrected chi connectivity index (χ2v) is 10.2. The summed E-state index contributed by atoms with van der Waals surface area (Å²) in [4.78, 5) is 24.8. The van der Waals surface area contributed by atoms with E-state index >= 15 is 0 Å². The van der Waals surface area contributed by atoms with Gasteiger partial charge in [0, 0.05) is 0 Å². The van der Waals surface area contributed by atoms with Crippen LogP contribution in [0.3, 0.4) is 0 Å². The molecular weight excluding hydrogens is 544 g/mol. The smallest absolute Gasteiger partial charge is 0.508 e. The number of phenols is 1. The van der Waals surface area contributed by atoms with E-state index in [2.05, 4.69) is 0 Å². The molecule has 216 valence electrons. The lowest BCUT2D eigenvalue weighted by molar-refractivity contribution is 0.150. The fourth-order valence-corrected chi connectivity index (χ4v) is 4.56. The minimum Gasteiger partial charge on any atom is -0.508 e. The van der Waals surface area contributed by atoms with E-state index in [4.69, 9.17) is 18.9 Å². The zero-order chi connectivity index (χ0) is 30.5. The highest BCUT2D eigenvalue weighted by atomic mass is 16.7. The number of hydrogen-bond acceptors (Lipinski definition) is 7. The van der Waals surface area contributed by atoms with Crippen molar-refractivity contribution in [1.82, 2.24) is 0 Å². The summed E-state index contributed by atoms with van der Waals surface area (Å²) in [5.41, 5.74) is 6.74. The van der Waals surface area contributed by atoms with Crippen LogP contribution in [0.25, 0.3) is 22.3 Å². The zero-order valence-corrected chi connectivity index (χ0v) is 24.2. The predicted molar refractivity (Wildman–Crippen MR) is 164 cm³/mol. The number of phenolic OH excluding ortho intramolecular Hbond substituents is 1. The van der Waals surface area contributed by atoms with Crippen molar-refractivity contribution in [3.63, 3.8) is 0 Å². The molecule has 0 aliphatic heterocycles. The average molecular weight is 575 g/mol. The Balaban J connectivity index is 1.22. The van der Waals surface area contributed by atoms with Crippen LogP contribution < -0.4 is 18.9 Å². The summed E-state index contributed by atoms with van der Waals surface area (Å²) >= 11 is 0. The summed E-state index contributed by atoms with van der Waals surface area (Å²) < 4.78 is 21.6. The summed E-state index contributed by atoms with van der Waals surface area (Å²) in [6, 6.07) is 30.5. The third-order valence-electron chi connectivity index (χ3n) is 6.91. The van der Waals surface area contributed by atoms with E-state index in [1.54, 1.807) is 48.5 Å². The number of carbonyl (C=O) groups excluding carboxylic acids is 2. The first-order valence-corrected chi connectivity index (χ1v) is 13.6. The van der Waals surface area contributed by atoms with Crippen LogP contribution in [-0.4, -0.2) is 17.4 Å². The summed E-state index contributed by atoms with van der Waals surface area (Å²) in [6.45, 7) is 7.38. The Bertz CT molecular complexity index is 1810. The van der Waals surface area contributed by atoms with Gasteiger partial charge in [-0.25, -0.2) is 9.59 Å². The summed E-state index contributed by atoms with van der Waals surface area (Å²) in [6.07, 6.45) is -1.66. The number of rotatable bonds is 6. The number of carbonyl (C=O) groups is 2. The normalized spacial score (nSPS) is 10.6. The number of hydrogen-bond donors (Lipinski definition) is 1. The first-order valence-electron chi connectivity index (χ1n) is 13.6. The van der Waals surface area contributed by atoms with Gasteiger partial charge in [-0.15, -0.1) is 0 Å². The van der Waals surface area contributed by atoms with E-state index < -0.39 is 12.3 Å². The number of ether oxygens (including phenoxy) is 4. The SMILES string of the molecule is Cc1cc(-c2ccc(OC(=O)Oc3ccc(-c4ccc(OC(=O)Oc5ccccc5)c(C)c4)cc3C)c(C)c2)ccc1O. The molecule has 5 rings (SSSR count). The third-order valence-corrected chi connectivity index (χ3v) is 6.91. The van der Waals surface area contributed by atoms with Crippen molar-refractivity contribution in [3.05, 3.63) is 125 Å². The van der Waals surface area contributed by atoms with Crippen molar-refractivity contribution < 1.29 is 33.6 Å². The lowest BCUT2D eigenvalue weighted by atomic mass is 10.0. The van der Waals surface area contributed by atoms with E-state index in [9.17, 15) is 14.7 Å². The summed E-state index contributed by atoms with van der Waals surface area (Å²) in [5.74, 6) is 1.81. The van der Waals surface area contributed by atoms with Crippen LogP contribution in [-0.2, 0) is 0 Å². The molecule has 0 heterocycles. The molecule has 0 aliphatic carbocycles. The van der Waals surface area contributed by atoms with Gasteiger partial charge in [0.1, 0.15) is 28.7 Å². The number of aryl methyl sites for hydroxylation is 4. The molecule has 0 saturated heterocycles. The van der Waals surface area contributed by atoms with Crippen LogP contribution in [0.2, 0.25) is 0 Å². The maximum Gasteiger partial charge on any atom is 0.519 e. The maximum atomic E-state index is 12.6. The van der Waals surface area contributed by atoms with Gasteiger partial charge in [0.25, 0.3) is 0 Å². The van der Waals surface area contributed by atoms with E-state index in [0.717, 1.165) is 44.5 Å². The van der Waals surface area contributed by atoms with Crippen LogP contribution in [0.1, 0.15) is 22.3 Å². The Kier molecular flexibility index (Phi) is 8.44. The number of para-hydroxylation sites is 1. The quantitative estimate of drug-likeness (QED) is 0.160. The predicted octanol–water partition coefficient (Wildman–Crippen LogP) is 9.12. The van der Waals surface area contributed by atoms with Crippen LogP contribution in [0, 0.1) is 27.7 Å². The minimum atomic E-state index is -0.841. The van der Waals surface area contributed by atoms with E-state index in [-0.39, 0.29) is 5.75 Å². The molecule has 0 radical (unpaired) electrons. The Morgan fingerprint density at radius 3 is 1.23 bits per heavy atom. The highest BCUT2D eigenvalue weighted by Gasteiger charge is 2.15. The van der Waals surface area contributed by atoms with Gasteiger partial charge in [0.2, 0.25) is 0 Å². The number of benzene rings is 5. The molecule has 1 N–H and O–H groups in total. The van der Waals surface area contributed by atoms with Crippen LogP contribution >= 0.6 is 0 Å². The van der Waals surface area contributed by atoms with Gasteiger partial charge < -0.3 is 24.1 Å². The molecule has 43 heavy (non-hydrogen) atoms. The molecule has 5 aromatic carbocycles. The topological polar surface area (TPSA) is 91.3 Å². The standard InChI is InChI=1S/C36H30O7/c1-22-18-26(10-14-31(22)37)27-11-16-33(24(3)19-27)42-36(39)43-34-17-13-29(21-25(34)4)28-12-15-32(23(2)20-28)41-35(38)40-30-8-6-5-7-9-30/h5-21,37H,1-4H3. The summed E-state index contributed by atoms with van der Waals surface area (Å²) in [5, 5.41) is 9.80. The zero-order valence-electron chi connectivity index (χ0n) is 24.2. The van der Waals surface area contributed by atoms with Gasteiger partial charge in [-0.05, 0) is 133 Å². The molecule has 7 nitrogen and oxygen atoms in total. The Hall–Kier alpha value is -5.56. The highest BCUT2D eigenvalue weighted by molar-refractivity contribution is 5.73. The van der Waals surface area contributed by atoms with Crippen molar-refractivity contribution >= 4 is 12.3 Å². The Labute approximate surface area is 249 Å². The first-order chi connectivity index (χ1) is 20.7. The van der Waals surface area contributed by atoms with Crippen molar-refractivity contribution in [3.8, 4) is 51.0 Å². The number of aromatic hydroxyl groups is 1. The fraction of sp³-hybridized carbons (Fsp3) is 0.111. The summed E-state index contributed by atoms with van der Waals surface area (Å²) in [7, 11) is 0. The van der Waals surface area contributed by atoms with Gasteiger partial charge in [0.05, 0.1) is 0 Å². The molecule has 0 saturated carbocycles. The molecule has 0 amide bonds. The lowest BCUT2D eigenvalue weighted by Crippen LogP contribution is -2.15. The molecule has 0 fully saturated rings. The third kappa shape index (κ3) is 7.02. The minimum absolute atomic E-state index is 0.243. The van der Waals surface area contributed by atoms with Crippen molar-refractivity contribution in [2.45, 2.75) is 27.7 Å². The Morgan fingerprint density at radius 2 is 0.837 bits per heavy atom. The second-order valence-electron chi connectivity index (χ2n) is 10.2. The fourth-order valence-electron chi connectivity index (χ4n) is 4.56. The Morgan fingerprint density at radius 1 is 0.465 bits per heavy atom. The van der Waals surface area contributed by atoms with E-state index in [0.29, 0.717) is 23.0 Å². The monoisotopic (exact) mass is 574 g/mol. The molecule has 5 aromatic rings. The second kappa shape index (κ2) is 12.5. The van der Waals surface area contributed by atoms with E-state index in [1.165, 1.54) is 0 Å². The molecule has 0 bridgehead atoms. The molecule has 0 aromatic heterocycles. The molecule has 0 aliphatic rings. The van der Waals surface area contributed by atoms with Crippen LogP contribution in [0.15, 0.2) is 103 Å². The van der Waals surface area contributed by atoms with Gasteiger partial charge >= 0.3 is 12.3 Å². The van der Waals surface area contributed by atoms with Crippen molar-refractivity contribution in [1.29, 1.82) is 0 Å². The van der Waals surface area contributed by atoms with Gasteiger partial charge in [0.15, 0.2) is 0 Å². The molecule has 0 atom stereocenters. The average Bonchev–Trinajstić information content (AvgIpc) is 2.98. The first kappa shape index (κ1) is 29.0. The van der Waals surface area contributed by atoms with E-state index in [1.807, 2.05) is 82.3 Å². The van der Waals surface area contributed by atoms with Crippen LogP contribution in [0.5, 0.6) is 28.7 Å². The maximum absolute atomic E-state index is 12.6. The largest absolute Gasteiger partial charge is 0.519 e. The van der Waals surface area contributed by atoms with Gasteiger partial charge in [-0.2, -0.15) is 0 Å². The highest BCUT2D eigenvalue weighted by Crippen LogP contribution is 2.32. The van der Waals surface area contributed by atoms with Crippen molar-refractivity contribution in [2.24, 2.45) is 0 Å². The molecular formula is C36H30O7. The van der Waals surface area contributed by atoms with Gasteiger partial charge in [-0.3, -0.25) is 0 Å². The molecule has 7 heteroatoms. The lowest BCUT2D eigenvalue weighted by Gasteiger charge is -2.13. The van der Waals surface area contributed by atoms with Crippen LogP contribution in [0.4, 0.5) is 9.59 Å². The van der Waals surface area contributed by atoms with Gasteiger partial charge in [-0.1, -0.05) is 42.5 Å². The molecule has 0 unspecified atom stereocenters. The van der Waals surface area contributed by atoms with Crippen molar-refractivity contribution in [2.75, 3.05) is 0 Å². The molecule has 0 spiro atoms.